The van der Waals surface area contributed by atoms with Crippen LogP contribution < -0.4 is 9.47 Å². The van der Waals surface area contributed by atoms with Crippen molar-refractivity contribution in [3.05, 3.63) is 84.0 Å². The molecule has 4 saturated carbocycles. The fourth-order valence-electron chi connectivity index (χ4n) is 7.76. The van der Waals surface area contributed by atoms with E-state index in [0.29, 0.717) is 23.3 Å². The Morgan fingerprint density at radius 1 is 0.682 bits per heavy atom. The van der Waals surface area contributed by atoms with Gasteiger partial charge < -0.3 is 29.2 Å². The lowest BCUT2D eigenvalue weighted by Crippen LogP contribution is -2.56. The lowest BCUT2D eigenvalue weighted by molar-refractivity contribution is -0.143. The van der Waals surface area contributed by atoms with Crippen molar-refractivity contribution in [3.63, 3.8) is 0 Å². The van der Waals surface area contributed by atoms with E-state index < -0.39 is 24.1 Å². The number of esters is 2. The summed E-state index contributed by atoms with van der Waals surface area (Å²) in [5.41, 5.74) is 3.01. The number of hydrogen-bond donors (Lipinski definition) is 2. The molecule has 0 radical (unpaired) electrons. The lowest BCUT2D eigenvalue weighted by atomic mass is 9.42. The predicted octanol–water partition coefficient (Wildman–Crippen LogP) is 5.15. The quantitative estimate of drug-likeness (QED) is 0.225. The van der Waals surface area contributed by atoms with Gasteiger partial charge in [-0.3, -0.25) is 0 Å². The molecule has 4 aliphatic rings. The van der Waals surface area contributed by atoms with E-state index >= 15 is 0 Å². The predicted molar refractivity (Wildman–Crippen MR) is 165 cm³/mol. The van der Waals surface area contributed by atoms with E-state index in [1.807, 2.05) is 24.3 Å². The fraction of sp³-hybridized carbons (Fsp3) is 0.500. The van der Waals surface area contributed by atoms with E-state index in [2.05, 4.69) is 37.4 Å². The molecule has 8 nitrogen and oxygen atoms in total. The van der Waals surface area contributed by atoms with E-state index in [4.69, 9.17) is 18.9 Å². The van der Waals surface area contributed by atoms with E-state index in [1.54, 1.807) is 13.8 Å². The molecule has 6 rings (SSSR count). The van der Waals surface area contributed by atoms with Crippen LogP contribution in [0.1, 0.15) is 57.1 Å². The zero-order valence-electron chi connectivity index (χ0n) is 25.7. The Morgan fingerprint density at radius 2 is 1.05 bits per heavy atom. The van der Waals surface area contributed by atoms with Crippen LogP contribution in [-0.4, -0.2) is 60.8 Å². The van der Waals surface area contributed by atoms with Gasteiger partial charge in [0.25, 0.3) is 0 Å². The normalized spacial score (nSPS) is 26.4. The van der Waals surface area contributed by atoms with Crippen molar-refractivity contribution in [2.75, 3.05) is 26.4 Å². The highest BCUT2D eigenvalue weighted by molar-refractivity contribution is 5.87. The van der Waals surface area contributed by atoms with Crippen LogP contribution in [0.15, 0.2) is 72.8 Å². The molecule has 0 heterocycles. The molecular weight excluding hydrogens is 560 g/mol. The summed E-state index contributed by atoms with van der Waals surface area (Å²) in [4.78, 5) is 23.2. The first kappa shape index (κ1) is 31.8. The molecule has 4 bridgehead atoms. The van der Waals surface area contributed by atoms with Gasteiger partial charge in [-0.05, 0) is 105 Å². The Balaban J connectivity index is 1.28. The highest BCUT2D eigenvalue weighted by Gasteiger charge is 2.58. The number of rotatable bonds is 14. The van der Waals surface area contributed by atoms with Crippen molar-refractivity contribution < 1.29 is 38.7 Å². The summed E-state index contributed by atoms with van der Waals surface area (Å²) >= 11 is 0. The van der Waals surface area contributed by atoms with Crippen LogP contribution >= 0.6 is 0 Å². The minimum atomic E-state index is -0.943. The van der Waals surface area contributed by atoms with Gasteiger partial charge in [0.05, 0.1) is 0 Å². The Hall–Kier alpha value is -3.62. The molecule has 2 N–H and O–H groups in total. The van der Waals surface area contributed by atoms with Gasteiger partial charge in [0.1, 0.15) is 50.1 Å². The van der Waals surface area contributed by atoms with Crippen molar-refractivity contribution in [2.45, 2.75) is 63.6 Å². The van der Waals surface area contributed by atoms with Gasteiger partial charge in [-0.2, -0.15) is 0 Å². The highest BCUT2D eigenvalue weighted by atomic mass is 16.6. The molecule has 2 atom stereocenters. The van der Waals surface area contributed by atoms with Crippen molar-refractivity contribution in [1.82, 2.24) is 0 Å². The first-order valence-electron chi connectivity index (χ1n) is 15.5. The van der Waals surface area contributed by atoms with Crippen LogP contribution in [0.2, 0.25) is 0 Å². The summed E-state index contributed by atoms with van der Waals surface area (Å²) in [7, 11) is 0. The molecule has 236 valence electrons. The lowest BCUT2D eigenvalue weighted by Gasteiger charge is -2.62. The molecule has 2 unspecified atom stereocenters. The molecule has 44 heavy (non-hydrogen) atoms. The summed E-state index contributed by atoms with van der Waals surface area (Å²) < 4.78 is 21.7. The summed E-state index contributed by atoms with van der Waals surface area (Å²) in [5.74, 6) is 2.93. The van der Waals surface area contributed by atoms with Crippen LogP contribution in [0.3, 0.4) is 0 Å². The molecule has 2 aromatic carbocycles. The first-order valence-corrected chi connectivity index (χ1v) is 15.5. The molecule has 4 aliphatic carbocycles. The second-order valence-corrected chi connectivity index (χ2v) is 12.9. The van der Waals surface area contributed by atoms with Crippen molar-refractivity contribution >= 4 is 11.9 Å². The number of ether oxygens (including phenoxy) is 4. The van der Waals surface area contributed by atoms with Gasteiger partial charge in [0.15, 0.2) is 0 Å². The topological polar surface area (TPSA) is 112 Å². The van der Waals surface area contributed by atoms with E-state index in [-0.39, 0.29) is 43.0 Å². The molecule has 4 fully saturated rings. The molecule has 8 heteroatoms. The number of carbonyl (C=O) groups excluding carboxylic acids is 2. The monoisotopic (exact) mass is 604 g/mol. The largest absolute Gasteiger partial charge is 0.491 e. The van der Waals surface area contributed by atoms with Crippen LogP contribution in [0.4, 0.5) is 0 Å². The second kappa shape index (κ2) is 13.6. The van der Waals surface area contributed by atoms with Gasteiger partial charge in [0, 0.05) is 16.6 Å². The van der Waals surface area contributed by atoms with E-state index in [1.165, 1.54) is 43.2 Å². The summed E-state index contributed by atoms with van der Waals surface area (Å²) in [6.45, 7) is 9.92. The molecule has 0 aliphatic heterocycles. The number of aliphatic hydroxyl groups excluding tert-OH is 2. The fourth-order valence-corrected chi connectivity index (χ4v) is 7.76. The highest BCUT2D eigenvalue weighted by Crippen LogP contribution is 2.65. The van der Waals surface area contributed by atoms with E-state index in [0.717, 1.165) is 11.8 Å². The maximum atomic E-state index is 11.6. The second-order valence-electron chi connectivity index (χ2n) is 12.9. The number of aliphatic hydroxyl groups is 2. The average molecular weight is 605 g/mol. The molecule has 0 spiro atoms. The smallest absolute Gasteiger partial charge is 0.333 e. The Labute approximate surface area is 259 Å². The van der Waals surface area contributed by atoms with Crippen LogP contribution in [0.5, 0.6) is 11.5 Å². The number of hydrogen-bond acceptors (Lipinski definition) is 8. The molecule has 2 aromatic rings. The van der Waals surface area contributed by atoms with Gasteiger partial charge in [-0.25, -0.2) is 9.59 Å². The minimum Gasteiger partial charge on any atom is -0.491 e. The Morgan fingerprint density at radius 3 is 1.39 bits per heavy atom. The van der Waals surface area contributed by atoms with Crippen molar-refractivity contribution in [1.29, 1.82) is 0 Å². The molecular formula is C36H44O8. The van der Waals surface area contributed by atoms with Gasteiger partial charge in [0.2, 0.25) is 0 Å². The average Bonchev–Trinajstić information content (AvgIpc) is 3.01. The third kappa shape index (κ3) is 6.87. The third-order valence-electron chi connectivity index (χ3n) is 9.49. The Kier molecular flexibility index (Phi) is 9.81. The number of carbonyl (C=O) groups is 2. The maximum absolute atomic E-state index is 11.6. The Bertz CT molecular complexity index is 1230. The SMILES string of the molecule is C=C(C)C(=O)OCC(O)COc1ccc(C2(c3ccc(OCC(O)COC(=O)C(=C)C)cc3)C3CC4CC(C3)CC2C4)cc1. The molecule has 0 saturated heterocycles. The van der Waals surface area contributed by atoms with E-state index in [9.17, 15) is 19.8 Å². The summed E-state index contributed by atoms with van der Waals surface area (Å²) in [6, 6.07) is 16.5. The summed E-state index contributed by atoms with van der Waals surface area (Å²) in [5, 5.41) is 20.4. The number of benzene rings is 2. The van der Waals surface area contributed by atoms with Crippen molar-refractivity contribution in [2.24, 2.45) is 23.7 Å². The van der Waals surface area contributed by atoms with Crippen LogP contribution in [0.25, 0.3) is 0 Å². The molecule has 0 aromatic heterocycles. The summed E-state index contributed by atoms with van der Waals surface area (Å²) in [6.07, 6.45) is 4.39. The zero-order chi connectivity index (χ0) is 31.4. The van der Waals surface area contributed by atoms with Crippen LogP contribution in [0, 0.1) is 23.7 Å². The van der Waals surface area contributed by atoms with Gasteiger partial charge >= 0.3 is 11.9 Å². The minimum absolute atomic E-state index is 0.00899. The maximum Gasteiger partial charge on any atom is 0.333 e. The standard InChI is InChI=1S/C36H44O8/c1-22(2)34(39)43-20-30(37)18-41-32-9-5-26(6-10-32)36(28-14-24-13-25(16-28)17-29(36)15-24)27-7-11-33(12-8-27)42-19-31(38)21-44-35(40)23(3)4/h5-12,24-25,28-31,37-38H,1,3,13-21H2,2,4H3. The first-order chi connectivity index (χ1) is 21.1. The van der Waals surface area contributed by atoms with Crippen molar-refractivity contribution in [3.8, 4) is 11.5 Å². The van der Waals surface area contributed by atoms with Crippen LogP contribution in [-0.2, 0) is 24.5 Å². The van der Waals surface area contributed by atoms with Gasteiger partial charge in [-0.15, -0.1) is 0 Å². The van der Waals surface area contributed by atoms with Gasteiger partial charge in [-0.1, -0.05) is 37.4 Å². The molecule has 0 amide bonds. The zero-order valence-corrected chi connectivity index (χ0v) is 25.7. The third-order valence-corrected chi connectivity index (χ3v) is 9.49.